The lowest BCUT2D eigenvalue weighted by Gasteiger charge is -2.31. The maximum Gasteiger partial charge on any atom is 0.136 e. The van der Waals surface area contributed by atoms with Gasteiger partial charge in [-0.3, -0.25) is 0 Å². The fourth-order valence-corrected chi connectivity index (χ4v) is 11.3. The molecule has 0 N–H and O–H groups in total. The molecule has 0 saturated carbocycles. The molecule has 0 fully saturated rings. The smallest absolute Gasteiger partial charge is 0.136 e. The minimum Gasteiger partial charge on any atom is -0.456 e. The lowest BCUT2D eigenvalue weighted by Crippen LogP contribution is -2.25. The molecule has 0 bridgehead atoms. The third kappa shape index (κ3) is 3.77. The van der Waals surface area contributed by atoms with Gasteiger partial charge in [-0.25, -0.2) is 0 Å². The molecule has 0 atom stereocenters. The first kappa shape index (κ1) is 30.7. The van der Waals surface area contributed by atoms with Gasteiger partial charge in [0.15, 0.2) is 0 Å². The molecular weight excluding hydrogens is 701 g/mol. The molecule has 14 rings (SSSR count). The van der Waals surface area contributed by atoms with E-state index in [0.717, 1.165) is 27.5 Å². The van der Waals surface area contributed by atoms with Crippen LogP contribution in [0.4, 0.5) is 0 Å². The molecule has 1 heteroatoms. The summed E-state index contributed by atoms with van der Waals surface area (Å²) < 4.78 is 6.56. The molecule has 266 valence electrons. The number of para-hydroxylation sites is 1. The van der Waals surface area contributed by atoms with Crippen LogP contribution in [0.3, 0.4) is 0 Å². The lowest BCUT2D eigenvalue weighted by atomic mass is 9.70. The quantitative estimate of drug-likeness (QED) is 0.161. The second-order valence-electron chi connectivity index (χ2n) is 16.3. The first-order chi connectivity index (χ1) is 28.7. The number of benzene rings is 11. The van der Waals surface area contributed by atoms with Crippen LogP contribution in [0.5, 0.6) is 0 Å². The van der Waals surface area contributed by atoms with Crippen molar-refractivity contribution in [1.29, 1.82) is 0 Å². The molecule has 58 heavy (non-hydrogen) atoms. The van der Waals surface area contributed by atoms with Gasteiger partial charge in [0.2, 0.25) is 0 Å². The number of hydrogen-bond donors (Lipinski definition) is 0. The van der Waals surface area contributed by atoms with E-state index in [1.165, 1.54) is 104 Å². The van der Waals surface area contributed by atoms with E-state index in [2.05, 4.69) is 194 Å². The second-order valence-corrected chi connectivity index (χ2v) is 16.3. The summed E-state index contributed by atoms with van der Waals surface area (Å²) in [6, 6.07) is 72.8. The third-order valence-electron chi connectivity index (χ3n) is 13.6. The van der Waals surface area contributed by atoms with Crippen molar-refractivity contribution in [2.45, 2.75) is 5.41 Å². The fourth-order valence-electron chi connectivity index (χ4n) is 11.3. The van der Waals surface area contributed by atoms with Gasteiger partial charge in [0.1, 0.15) is 11.2 Å². The Morgan fingerprint density at radius 1 is 0.293 bits per heavy atom. The Morgan fingerprint density at radius 3 is 1.59 bits per heavy atom. The van der Waals surface area contributed by atoms with Gasteiger partial charge in [-0.1, -0.05) is 152 Å². The SMILES string of the molecule is c1ccc2c(c1)-c1ccccc1C21c2ccccc2-c2c1cc1cc(-c3cc4ccc5cccc6ccc(c3)c4c56)ccc1c2-c1ccc2c(c1)oc1ccccc12. The Kier molecular flexibility index (Phi) is 5.76. The maximum absolute atomic E-state index is 6.56. The highest BCUT2D eigenvalue weighted by Gasteiger charge is 2.52. The van der Waals surface area contributed by atoms with Crippen molar-refractivity contribution in [2.24, 2.45) is 0 Å². The van der Waals surface area contributed by atoms with Crippen molar-refractivity contribution >= 4 is 65.0 Å². The fraction of sp³-hybridized carbons (Fsp3) is 0.0175. The summed E-state index contributed by atoms with van der Waals surface area (Å²) in [6.07, 6.45) is 0. The van der Waals surface area contributed by atoms with Gasteiger partial charge in [-0.05, 0) is 152 Å². The molecule has 0 aliphatic heterocycles. The number of hydrogen-bond acceptors (Lipinski definition) is 1. The standard InChI is InChI=1S/C57H32O/c1-5-16-47-42(12-1)43-13-2-6-17-48(43)57(47)49-18-7-3-15-46(49)56-50(57)31-40-28-35(39-29-36-22-20-33-10-9-11-34-21-23-37(30-39)54(36)53(33)34)24-26-41(40)55(56)38-25-27-45-44-14-4-8-19-51(44)58-52(45)32-38/h1-32H. The van der Waals surface area contributed by atoms with Gasteiger partial charge in [0.25, 0.3) is 0 Å². The highest BCUT2D eigenvalue weighted by molar-refractivity contribution is 6.24. The van der Waals surface area contributed by atoms with E-state index >= 15 is 0 Å². The van der Waals surface area contributed by atoms with E-state index in [9.17, 15) is 0 Å². The summed E-state index contributed by atoms with van der Waals surface area (Å²) in [4.78, 5) is 0. The van der Waals surface area contributed by atoms with Crippen LogP contribution >= 0.6 is 0 Å². The highest BCUT2D eigenvalue weighted by atomic mass is 16.3. The van der Waals surface area contributed by atoms with Crippen LogP contribution in [0.25, 0.3) is 110 Å². The third-order valence-corrected chi connectivity index (χ3v) is 13.6. The Bertz CT molecular complexity index is 3640. The van der Waals surface area contributed by atoms with Gasteiger partial charge in [-0.2, -0.15) is 0 Å². The molecule has 12 aromatic rings. The van der Waals surface area contributed by atoms with Crippen molar-refractivity contribution in [3.63, 3.8) is 0 Å². The Hall–Kier alpha value is -7.48. The largest absolute Gasteiger partial charge is 0.456 e. The summed E-state index contributed by atoms with van der Waals surface area (Å²) in [5, 5.41) is 12.6. The van der Waals surface area contributed by atoms with Crippen LogP contribution in [-0.4, -0.2) is 0 Å². The monoisotopic (exact) mass is 732 g/mol. The molecule has 0 radical (unpaired) electrons. The van der Waals surface area contributed by atoms with E-state index in [4.69, 9.17) is 4.42 Å². The normalized spacial score (nSPS) is 13.7. The van der Waals surface area contributed by atoms with Gasteiger partial charge in [-0.15, -0.1) is 0 Å². The predicted octanol–water partition coefficient (Wildman–Crippen LogP) is 15.3. The summed E-state index contributed by atoms with van der Waals surface area (Å²) in [7, 11) is 0. The molecule has 2 aliphatic rings. The van der Waals surface area contributed by atoms with Crippen LogP contribution < -0.4 is 0 Å². The molecule has 0 unspecified atom stereocenters. The summed E-state index contributed by atoms with van der Waals surface area (Å²) >= 11 is 0. The minimum absolute atomic E-state index is 0.460. The number of rotatable bonds is 2. The lowest BCUT2D eigenvalue weighted by molar-refractivity contribution is 0.669. The van der Waals surface area contributed by atoms with Crippen LogP contribution in [0.2, 0.25) is 0 Å². The second kappa shape index (κ2) is 10.9. The van der Waals surface area contributed by atoms with Crippen molar-refractivity contribution in [3.8, 4) is 44.5 Å². The van der Waals surface area contributed by atoms with Gasteiger partial charge < -0.3 is 4.42 Å². The maximum atomic E-state index is 6.56. The van der Waals surface area contributed by atoms with Crippen molar-refractivity contribution in [1.82, 2.24) is 0 Å². The zero-order valence-corrected chi connectivity index (χ0v) is 31.4. The van der Waals surface area contributed by atoms with Gasteiger partial charge >= 0.3 is 0 Å². The van der Waals surface area contributed by atoms with Crippen LogP contribution in [0.1, 0.15) is 22.3 Å². The van der Waals surface area contributed by atoms with Crippen molar-refractivity contribution in [3.05, 3.63) is 216 Å². The average Bonchev–Trinajstić information content (AvgIpc) is 3.91. The number of fused-ring (bicyclic) bond motifs is 14. The van der Waals surface area contributed by atoms with Gasteiger partial charge in [0, 0.05) is 10.8 Å². The molecule has 1 aromatic heterocycles. The Morgan fingerprint density at radius 2 is 0.845 bits per heavy atom. The molecule has 0 amide bonds. The first-order valence-electron chi connectivity index (χ1n) is 20.2. The number of furan rings is 1. The van der Waals surface area contributed by atoms with E-state index < -0.39 is 5.41 Å². The molecule has 11 aromatic carbocycles. The molecule has 1 spiro atoms. The zero-order valence-electron chi connectivity index (χ0n) is 31.4. The Labute approximate surface area is 334 Å². The van der Waals surface area contributed by atoms with Crippen molar-refractivity contribution < 1.29 is 4.42 Å². The van der Waals surface area contributed by atoms with E-state index in [-0.39, 0.29) is 0 Å². The van der Waals surface area contributed by atoms with Crippen molar-refractivity contribution in [2.75, 3.05) is 0 Å². The summed E-state index contributed by atoms with van der Waals surface area (Å²) in [6.45, 7) is 0. The topological polar surface area (TPSA) is 13.1 Å². The van der Waals surface area contributed by atoms with E-state index in [1.54, 1.807) is 0 Å². The van der Waals surface area contributed by atoms with Crippen LogP contribution in [0.15, 0.2) is 199 Å². The zero-order chi connectivity index (χ0) is 37.7. The van der Waals surface area contributed by atoms with E-state index in [1.807, 2.05) is 0 Å². The van der Waals surface area contributed by atoms with E-state index in [0.29, 0.717) is 0 Å². The predicted molar refractivity (Wildman–Crippen MR) is 242 cm³/mol. The average molecular weight is 733 g/mol. The van der Waals surface area contributed by atoms with Gasteiger partial charge in [0.05, 0.1) is 5.41 Å². The highest BCUT2D eigenvalue weighted by Crippen LogP contribution is 2.65. The molecule has 0 saturated heterocycles. The first-order valence-corrected chi connectivity index (χ1v) is 20.2. The summed E-state index contributed by atoms with van der Waals surface area (Å²) in [5.41, 5.74) is 16.8. The molecular formula is C57H32O. The molecule has 1 nitrogen and oxygen atoms in total. The summed E-state index contributed by atoms with van der Waals surface area (Å²) in [5.74, 6) is 0. The van der Waals surface area contributed by atoms with Crippen LogP contribution in [0, 0.1) is 0 Å². The van der Waals surface area contributed by atoms with Crippen LogP contribution in [-0.2, 0) is 5.41 Å². The molecule has 1 heterocycles. The Balaban J connectivity index is 1.10. The molecule has 2 aliphatic carbocycles. The minimum atomic E-state index is -0.460.